The Kier molecular flexibility index (Phi) is 5.23. The topological polar surface area (TPSA) is 28.2 Å². The summed E-state index contributed by atoms with van der Waals surface area (Å²) in [4.78, 5) is 6.48. The van der Waals surface area contributed by atoms with Crippen molar-refractivity contribution in [2.24, 2.45) is 5.92 Å². The molecule has 1 fully saturated rings. The molecule has 1 aliphatic heterocycles. The molecule has 3 nitrogen and oxygen atoms in total. The van der Waals surface area contributed by atoms with Crippen LogP contribution in [0, 0.1) is 11.7 Å². The van der Waals surface area contributed by atoms with Crippen molar-refractivity contribution < 1.29 is 4.39 Å². The molecule has 0 amide bonds. The largest absolute Gasteiger partial charge is 0.369 e. The first-order chi connectivity index (χ1) is 11.2. The normalized spacial score (nSPS) is 18.2. The molecule has 2 heterocycles. The van der Waals surface area contributed by atoms with Crippen LogP contribution >= 0.6 is 0 Å². The Morgan fingerprint density at radius 3 is 2.96 bits per heavy atom. The zero-order chi connectivity index (χ0) is 16.1. The smallest absolute Gasteiger partial charge is 0.146 e. The molecule has 4 heteroatoms. The zero-order valence-electron chi connectivity index (χ0n) is 13.6. The minimum absolute atomic E-state index is 0.118. The lowest BCUT2D eigenvalue weighted by molar-refractivity contribution is 0.442. The molecule has 1 aliphatic rings. The first-order valence-electron chi connectivity index (χ1n) is 8.36. The Morgan fingerprint density at radius 1 is 1.26 bits per heavy atom. The van der Waals surface area contributed by atoms with Crippen molar-refractivity contribution in [3.05, 3.63) is 59.7 Å². The summed E-state index contributed by atoms with van der Waals surface area (Å²) in [6, 6.07) is 11.3. The van der Waals surface area contributed by atoms with Crippen LogP contribution in [-0.2, 0) is 13.1 Å². The maximum Gasteiger partial charge on any atom is 0.146 e. The van der Waals surface area contributed by atoms with E-state index in [0.29, 0.717) is 19.0 Å². The molecule has 0 saturated carbocycles. The van der Waals surface area contributed by atoms with E-state index < -0.39 is 0 Å². The Balaban J connectivity index is 1.63. The Morgan fingerprint density at radius 2 is 2.17 bits per heavy atom. The summed E-state index contributed by atoms with van der Waals surface area (Å²) >= 11 is 0. The van der Waals surface area contributed by atoms with E-state index in [1.807, 2.05) is 30.3 Å². The number of pyridine rings is 1. The molecular formula is C19H24FN3. The Hall–Kier alpha value is -1.94. The second-order valence-corrected chi connectivity index (χ2v) is 6.40. The summed E-state index contributed by atoms with van der Waals surface area (Å²) in [5, 5.41) is 3.37. The van der Waals surface area contributed by atoms with Gasteiger partial charge in [-0.25, -0.2) is 4.39 Å². The second kappa shape index (κ2) is 7.55. The summed E-state index contributed by atoms with van der Waals surface area (Å²) in [6.07, 6.45) is 4.18. The van der Waals surface area contributed by atoms with E-state index in [9.17, 15) is 4.39 Å². The summed E-state index contributed by atoms with van der Waals surface area (Å²) in [5.74, 6) is 0.515. The van der Waals surface area contributed by atoms with Crippen molar-refractivity contribution in [3.63, 3.8) is 0 Å². The third-order valence-electron chi connectivity index (χ3n) is 4.37. The average Bonchev–Trinajstić information content (AvgIpc) is 2.57. The molecule has 1 atom stereocenters. The van der Waals surface area contributed by atoms with Gasteiger partial charge < -0.3 is 10.2 Å². The number of piperidine rings is 1. The van der Waals surface area contributed by atoms with Crippen LogP contribution in [0.5, 0.6) is 0 Å². The van der Waals surface area contributed by atoms with Crippen LogP contribution in [0.2, 0.25) is 0 Å². The van der Waals surface area contributed by atoms with Gasteiger partial charge in [-0.1, -0.05) is 19.1 Å². The van der Waals surface area contributed by atoms with Gasteiger partial charge in [-0.3, -0.25) is 4.98 Å². The van der Waals surface area contributed by atoms with Crippen LogP contribution in [0.4, 0.5) is 10.1 Å². The van der Waals surface area contributed by atoms with E-state index in [4.69, 9.17) is 0 Å². The molecule has 0 aliphatic carbocycles. The van der Waals surface area contributed by atoms with Crippen molar-refractivity contribution >= 4 is 5.69 Å². The fourth-order valence-corrected chi connectivity index (χ4v) is 3.16. The van der Waals surface area contributed by atoms with Gasteiger partial charge in [0.2, 0.25) is 0 Å². The fraction of sp³-hybridized carbons (Fsp3) is 0.421. The monoisotopic (exact) mass is 313 g/mol. The van der Waals surface area contributed by atoms with Crippen LogP contribution in [-0.4, -0.2) is 18.1 Å². The number of hydrogen-bond donors (Lipinski definition) is 1. The first kappa shape index (κ1) is 15.9. The number of hydrogen-bond acceptors (Lipinski definition) is 3. The first-order valence-corrected chi connectivity index (χ1v) is 8.36. The highest BCUT2D eigenvalue weighted by atomic mass is 19.1. The molecule has 0 radical (unpaired) electrons. The lowest BCUT2D eigenvalue weighted by Gasteiger charge is -2.33. The summed E-state index contributed by atoms with van der Waals surface area (Å²) < 4.78 is 14.2. The molecule has 1 unspecified atom stereocenters. The van der Waals surface area contributed by atoms with E-state index in [0.717, 1.165) is 36.5 Å². The summed E-state index contributed by atoms with van der Waals surface area (Å²) in [5.41, 5.74) is 2.86. The van der Waals surface area contributed by atoms with Gasteiger partial charge in [0.15, 0.2) is 0 Å². The lowest BCUT2D eigenvalue weighted by atomic mass is 9.99. The Labute approximate surface area is 137 Å². The van der Waals surface area contributed by atoms with E-state index in [-0.39, 0.29) is 5.82 Å². The lowest BCUT2D eigenvalue weighted by Crippen LogP contribution is -2.34. The summed E-state index contributed by atoms with van der Waals surface area (Å²) in [7, 11) is 0. The van der Waals surface area contributed by atoms with Gasteiger partial charge in [0, 0.05) is 32.4 Å². The van der Waals surface area contributed by atoms with Crippen molar-refractivity contribution in [1.29, 1.82) is 0 Å². The van der Waals surface area contributed by atoms with Gasteiger partial charge in [-0.05, 0) is 48.6 Å². The van der Waals surface area contributed by atoms with Gasteiger partial charge in [-0.2, -0.15) is 0 Å². The van der Waals surface area contributed by atoms with Crippen molar-refractivity contribution in [2.75, 3.05) is 18.0 Å². The molecule has 122 valence electrons. The molecule has 3 rings (SSSR count). The fourth-order valence-electron chi connectivity index (χ4n) is 3.16. The third-order valence-corrected chi connectivity index (χ3v) is 4.37. The predicted molar refractivity (Wildman–Crippen MR) is 91.8 cm³/mol. The number of nitrogens with zero attached hydrogens (tertiary/aromatic N) is 2. The average molecular weight is 313 g/mol. The molecule has 1 N–H and O–H groups in total. The Bertz CT molecular complexity index is 630. The highest BCUT2D eigenvalue weighted by molar-refractivity contribution is 5.50. The molecular weight excluding hydrogens is 289 g/mol. The minimum atomic E-state index is -0.118. The van der Waals surface area contributed by atoms with E-state index in [1.54, 1.807) is 12.3 Å². The van der Waals surface area contributed by atoms with E-state index in [2.05, 4.69) is 22.1 Å². The molecule has 2 aromatic rings. The standard InChI is InChI=1S/C19H24FN3/c1-15-5-4-10-23(14-15)19-11-16(7-8-18(19)20)12-21-13-17-6-2-3-9-22-17/h2-3,6-9,11,15,21H,4-5,10,12-14H2,1H3. The molecule has 1 aromatic heterocycles. The maximum absolute atomic E-state index is 14.2. The number of halogens is 1. The molecule has 0 bridgehead atoms. The summed E-state index contributed by atoms with van der Waals surface area (Å²) in [6.45, 7) is 5.57. The van der Waals surface area contributed by atoms with Gasteiger partial charge in [-0.15, -0.1) is 0 Å². The van der Waals surface area contributed by atoms with Gasteiger partial charge >= 0.3 is 0 Å². The van der Waals surface area contributed by atoms with E-state index >= 15 is 0 Å². The van der Waals surface area contributed by atoms with E-state index in [1.165, 1.54) is 6.42 Å². The van der Waals surface area contributed by atoms with Crippen LogP contribution in [0.15, 0.2) is 42.6 Å². The maximum atomic E-state index is 14.2. The van der Waals surface area contributed by atoms with Crippen molar-refractivity contribution in [3.8, 4) is 0 Å². The number of benzene rings is 1. The zero-order valence-corrected chi connectivity index (χ0v) is 13.6. The highest BCUT2D eigenvalue weighted by Gasteiger charge is 2.19. The van der Waals surface area contributed by atoms with Crippen molar-refractivity contribution in [2.45, 2.75) is 32.9 Å². The number of rotatable bonds is 5. The number of aromatic nitrogens is 1. The predicted octanol–water partition coefficient (Wildman–Crippen LogP) is 3.75. The number of nitrogens with one attached hydrogen (secondary N) is 1. The molecule has 23 heavy (non-hydrogen) atoms. The highest BCUT2D eigenvalue weighted by Crippen LogP contribution is 2.26. The second-order valence-electron chi connectivity index (χ2n) is 6.40. The van der Waals surface area contributed by atoms with Crippen LogP contribution in [0.25, 0.3) is 0 Å². The third kappa shape index (κ3) is 4.29. The van der Waals surface area contributed by atoms with Crippen LogP contribution in [0.3, 0.4) is 0 Å². The quantitative estimate of drug-likeness (QED) is 0.911. The molecule has 1 saturated heterocycles. The molecule has 0 spiro atoms. The van der Waals surface area contributed by atoms with Gasteiger partial charge in [0.1, 0.15) is 5.82 Å². The van der Waals surface area contributed by atoms with Gasteiger partial charge in [0.05, 0.1) is 11.4 Å². The molecule has 1 aromatic carbocycles. The van der Waals surface area contributed by atoms with Crippen LogP contribution in [0.1, 0.15) is 31.0 Å². The van der Waals surface area contributed by atoms with Crippen LogP contribution < -0.4 is 10.2 Å². The number of anilines is 1. The van der Waals surface area contributed by atoms with Gasteiger partial charge in [0.25, 0.3) is 0 Å². The van der Waals surface area contributed by atoms with Crippen molar-refractivity contribution in [1.82, 2.24) is 10.3 Å². The minimum Gasteiger partial charge on any atom is -0.369 e. The SMILES string of the molecule is CC1CCCN(c2cc(CNCc3ccccn3)ccc2F)C1.